The molecular weight excluding hydrogens is 421 g/mol. The van der Waals surface area contributed by atoms with Crippen LogP contribution in [0.3, 0.4) is 0 Å². The van der Waals surface area contributed by atoms with Crippen LogP contribution in [-0.2, 0) is 16.2 Å². The minimum Gasteiger partial charge on any atom is -0.329 e. The van der Waals surface area contributed by atoms with E-state index in [1.54, 1.807) is 19.1 Å². The number of benzene rings is 1. The van der Waals surface area contributed by atoms with Crippen LogP contribution in [0.15, 0.2) is 35.4 Å². The van der Waals surface area contributed by atoms with Gasteiger partial charge in [-0.25, -0.2) is 8.42 Å². The lowest BCUT2D eigenvalue weighted by Gasteiger charge is -2.37. The Morgan fingerprint density at radius 3 is 2.63 bits per heavy atom. The SMILES string of the molecule is Cc1nccc2c1C(=O)N1CCN(S(=O)(=O)c3ccc(C#N)cc3C(F)(F)F)CC21. The number of alkyl halides is 3. The average Bonchev–Trinajstić information content (AvgIpc) is 3.00. The quantitative estimate of drug-likeness (QED) is 0.721. The Kier molecular flexibility index (Phi) is 4.59. The first kappa shape index (κ1) is 20.3. The number of nitriles is 1. The Bertz CT molecular complexity index is 1200. The number of fused-ring (bicyclic) bond motifs is 3. The maximum Gasteiger partial charge on any atom is 0.417 e. The molecule has 3 heterocycles. The molecule has 1 atom stereocenters. The van der Waals surface area contributed by atoms with E-state index in [-0.39, 0.29) is 31.1 Å². The number of halogens is 3. The molecule has 0 aliphatic carbocycles. The Labute approximate surface area is 170 Å². The number of pyridine rings is 1. The highest BCUT2D eigenvalue weighted by atomic mass is 32.2. The minimum atomic E-state index is -4.95. The summed E-state index contributed by atoms with van der Waals surface area (Å²) >= 11 is 0. The number of rotatable bonds is 2. The monoisotopic (exact) mass is 436 g/mol. The number of aromatic nitrogens is 1. The van der Waals surface area contributed by atoms with Crippen LogP contribution in [0.25, 0.3) is 0 Å². The average molecular weight is 436 g/mol. The van der Waals surface area contributed by atoms with Crippen molar-refractivity contribution in [1.82, 2.24) is 14.2 Å². The third-order valence-corrected chi connectivity index (χ3v) is 7.30. The van der Waals surface area contributed by atoms with Crippen molar-refractivity contribution in [3.8, 4) is 6.07 Å². The summed E-state index contributed by atoms with van der Waals surface area (Å²) in [7, 11) is -4.52. The second kappa shape index (κ2) is 6.78. The van der Waals surface area contributed by atoms with E-state index in [0.29, 0.717) is 22.9 Å². The molecule has 7 nitrogen and oxygen atoms in total. The molecule has 1 fully saturated rings. The second-order valence-corrected chi connectivity index (χ2v) is 8.96. The van der Waals surface area contributed by atoms with Crippen LogP contribution < -0.4 is 0 Å². The van der Waals surface area contributed by atoms with E-state index >= 15 is 0 Å². The molecule has 0 N–H and O–H groups in total. The fourth-order valence-corrected chi connectivity index (χ4v) is 5.59. The first-order valence-electron chi connectivity index (χ1n) is 8.93. The third kappa shape index (κ3) is 3.03. The molecule has 0 bridgehead atoms. The van der Waals surface area contributed by atoms with E-state index in [2.05, 4.69) is 4.98 Å². The van der Waals surface area contributed by atoms with Gasteiger partial charge in [0.05, 0.1) is 39.4 Å². The van der Waals surface area contributed by atoms with E-state index < -0.39 is 32.7 Å². The van der Waals surface area contributed by atoms with Gasteiger partial charge in [-0.3, -0.25) is 9.78 Å². The second-order valence-electron chi connectivity index (χ2n) is 7.06. The summed E-state index contributed by atoms with van der Waals surface area (Å²) in [6, 6.07) is 5.02. The van der Waals surface area contributed by atoms with Crippen LogP contribution in [0.5, 0.6) is 0 Å². The van der Waals surface area contributed by atoms with Crippen LogP contribution in [0.2, 0.25) is 0 Å². The van der Waals surface area contributed by atoms with Gasteiger partial charge in [-0.1, -0.05) is 0 Å². The lowest BCUT2D eigenvalue weighted by atomic mass is 10.0. The summed E-state index contributed by atoms with van der Waals surface area (Å²) in [6.07, 6.45) is -3.43. The molecule has 0 radical (unpaired) electrons. The Balaban J connectivity index is 1.75. The summed E-state index contributed by atoms with van der Waals surface area (Å²) < 4.78 is 67.8. The molecule has 1 amide bonds. The summed E-state index contributed by atoms with van der Waals surface area (Å²) in [5, 5.41) is 8.89. The summed E-state index contributed by atoms with van der Waals surface area (Å²) in [4.78, 5) is 17.4. The maximum absolute atomic E-state index is 13.5. The van der Waals surface area contributed by atoms with Gasteiger partial charge >= 0.3 is 6.18 Å². The molecule has 1 aromatic heterocycles. The standard InChI is InChI=1S/C19H15F3N4O3S/c1-11-17-13(4-5-24-11)15-10-25(6-7-26(15)18(17)27)30(28,29)16-3-2-12(9-23)8-14(16)19(20,21)22/h2-5,8,15H,6-7,10H2,1H3. The fourth-order valence-electron chi connectivity index (χ4n) is 3.96. The molecule has 2 aliphatic rings. The van der Waals surface area contributed by atoms with E-state index in [1.165, 1.54) is 11.1 Å². The lowest BCUT2D eigenvalue weighted by molar-refractivity contribution is -0.139. The van der Waals surface area contributed by atoms with Crippen molar-refractivity contribution >= 4 is 15.9 Å². The normalized spacial score (nSPS) is 19.4. The molecule has 11 heteroatoms. The van der Waals surface area contributed by atoms with Crippen LogP contribution in [0, 0.1) is 18.3 Å². The third-order valence-electron chi connectivity index (χ3n) is 5.38. The van der Waals surface area contributed by atoms with Crippen LogP contribution >= 0.6 is 0 Å². The lowest BCUT2D eigenvalue weighted by Crippen LogP contribution is -2.49. The predicted molar refractivity (Wildman–Crippen MR) is 97.7 cm³/mol. The number of hydrogen-bond donors (Lipinski definition) is 0. The zero-order valence-electron chi connectivity index (χ0n) is 15.6. The van der Waals surface area contributed by atoms with Crippen molar-refractivity contribution in [3.63, 3.8) is 0 Å². The maximum atomic E-state index is 13.5. The van der Waals surface area contributed by atoms with Crippen LogP contribution in [-0.4, -0.2) is 48.1 Å². The highest BCUT2D eigenvalue weighted by Gasteiger charge is 2.46. The first-order chi connectivity index (χ1) is 14.1. The first-order valence-corrected chi connectivity index (χ1v) is 10.4. The van der Waals surface area contributed by atoms with Crippen LogP contribution in [0.4, 0.5) is 13.2 Å². The molecule has 4 rings (SSSR count). The van der Waals surface area contributed by atoms with Gasteiger partial charge in [-0.2, -0.15) is 22.7 Å². The number of aryl methyl sites for hydroxylation is 1. The molecule has 156 valence electrons. The van der Waals surface area contributed by atoms with Crippen molar-refractivity contribution in [2.24, 2.45) is 0 Å². The number of carbonyl (C=O) groups excluding carboxylic acids is 1. The highest BCUT2D eigenvalue weighted by Crippen LogP contribution is 2.40. The van der Waals surface area contributed by atoms with Gasteiger partial charge in [0, 0.05) is 25.8 Å². The number of piperazine rings is 1. The van der Waals surface area contributed by atoms with Gasteiger partial charge < -0.3 is 4.90 Å². The molecule has 1 aromatic carbocycles. The van der Waals surface area contributed by atoms with Crippen molar-refractivity contribution in [2.75, 3.05) is 19.6 Å². The molecule has 1 saturated heterocycles. The fraction of sp³-hybridized carbons (Fsp3) is 0.316. The van der Waals surface area contributed by atoms with Gasteiger partial charge in [-0.15, -0.1) is 0 Å². The summed E-state index contributed by atoms with van der Waals surface area (Å²) in [5.41, 5.74) is -0.122. The van der Waals surface area contributed by atoms with Crippen molar-refractivity contribution in [1.29, 1.82) is 5.26 Å². The number of nitrogens with zero attached hydrogens (tertiary/aromatic N) is 4. The molecule has 30 heavy (non-hydrogen) atoms. The molecule has 0 spiro atoms. The molecule has 0 saturated carbocycles. The molecule has 2 aliphatic heterocycles. The van der Waals surface area contributed by atoms with Gasteiger partial charge in [0.2, 0.25) is 10.0 Å². The summed E-state index contributed by atoms with van der Waals surface area (Å²) in [5.74, 6) is -0.257. The van der Waals surface area contributed by atoms with Crippen molar-refractivity contribution in [3.05, 3.63) is 58.4 Å². The topological polar surface area (TPSA) is 94.4 Å². The zero-order valence-corrected chi connectivity index (χ0v) is 16.5. The zero-order chi connectivity index (χ0) is 21.8. The smallest absolute Gasteiger partial charge is 0.329 e. The number of carbonyl (C=O) groups is 1. The van der Waals surface area contributed by atoms with E-state index in [4.69, 9.17) is 5.26 Å². The number of sulfonamides is 1. The van der Waals surface area contributed by atoms with Gasteiger partial charge in [0.25, 0.3) is 5.91 Å². The molecular formula is C19H15F3N4O3S. The highest BCUT2D eigenvalue weighted by molar-refractivity contribution is 7.89. The predicted octanol–water partition coefficient (Wildman–Crippen LogP) is 2.48. The number of amides is 1. The largest absolute Gasteiger partial charge is 0.417 e. The van der Waals surface area contributed by atoms with Crippen molar-refractivity contribution < 1.29 is 26.4 Å². The van der Waals surface area contributed by atoms with E-state index in [1.807, 2.05) is 0 Å². The Hall–Kier alpha value is -2.97. The minimum absolute atomic E-state index is 0.0501. The number of hydrogen-bond acceptors (Lipinski definition) is 5. The Morgan fingerprint density at radius 2 is 1.97 bits per heavy atom. The van der Waals surface area contributed by atoms with Gasteiger partial charge in [0.15, 0.2) is 0 Å². The van der Waals surface area contributed by atoms with Crippen molar-refractivity contribution in [2.45, 2.75) is 24.0 Å². The molecule has 2 aromatic rings. The molecule has 1 unspecified atom stereocenters. The summed E-state index contributed by atoms with van der Waals surface area (Å²) in [6.45, 7) is 1.43. The van der Waals surface area contributed by atoms with E-state index in [0.717, 1.165) is 16.4 Å². The van der Waals surface area contributed by atoms with Crippen LogP contribution in [0.1, 0.15) is 38.8 Å². The van der Waals surface area contributed by atoms with E-state index in [9.17, 15) is 26.4 Å². The Morgan fingerprint density at radius 1 is 1.23 bits per heavy atom. The van der Waals surface area contributed by atoms with Gasteiger partial charge in [0.1, 0.15) is 0 Å². The van der Waals surface area contributed by atoms with Gasteiger partial charge in [-0.05, 0) is 36.8 Å².